The van der Waals surface area contributed by atoms with E-state index < -0.39 is 5.41 Å². The van der Waals surface area contributed by atoms with Crippen molar-refractivity contribution < 1.29 is 4.79 Å². The molecule has 1 rings (SSSR count). The van der Waals surface area contributed by atoms with Crippen molar-refractivity contribution in [3.63, 3.8) is 0 Å². The lowest BCUT2D eigenvalue weighted by Gasteiger charge is -2.25. The van der Waals surface area contributed by atoms with Crippen molar-refractivity contribution >= 4 is 28.8 Å². The van der Waals surface area contributed by atoms with Crippen molar-refractivity contribution in [3.05, 3.63) is 24.0 Å². The molecule has 0 bridgehead atoms. The van der Waals surface area contributed by atoms with Crippen molar-refractivity contribution in [3.8, 4) is 0 Å². The van der Waals surface area contributed by atoms with E-state index in [9.17, 15) is 4.79 Å². The van der Waals surface area contributed by atoms with Crippen LogP contribution in [0.25, 0.3) is 0 Å². The van der Waals surface area contributed by atoms with E-state index in [2.05, 4.69) is 10.3 Å². The monoisotopic (exact) mass is 251 g/mol. The highest BCUT2D eigenvalue weighted by Gasteiger charge is 2.34. The maximum absolute atomic E-state index is 12.2. The Bertz CT molecular complexity index is 447. The highest BCUT2D eigenvalue weighted by Crippen LogP contribution is 2.24. The number of thiocarbonyl (C=S) groups is 1. The number of anilines is 1. The van der Waals surface area contributed by atoms with Crippen LogP contribution in [0.5, 0.6) is 0 Å². The van der Waals surface area contributed by atoms with E-state index in [-0.39, 0.29) is 10.9 Å². The van der Waals surface area contributed by atoms with Crippen LogP contribution in [0.2, 0.25) is 0 Å². The lowest BCUT2D eigenvalue weighted by atomic mass is 9.86. The summed E-state index contributed by atoms with van der Waals surface area (Å²) in [6.07, 6.45) is 3.89. The van der Waals surface area contributed by atoms with Crippen LogP contribution in [0, 0.1) is 12.3 Å². The maximum Gasteiger partial charge on any atom is 0.237 e. The van der Waals surface area contributed by atoms with Crippen molar-refractivity contribution in [1.82, 2.24) is 4.98 Å². The van der Waals surface area contributed by atoms with Crippen LogP contribution in [-0.2, 0) is 4.79 Å². The molecule has 0 aliphatic rings. The highest BCUT2D eigenvalue weighted by molar-refractivity contribution is 7.80. The molecule has 3 N–H and O–H groups in total. The first kappa shape index (κ1) is 13.6. The molecule has 0 aliphatic heterocycles. The van der Waals surface area contributed by atoms with E-state index in [1.165, 1.54) is 0 Å². The van der Waals surface area contributed by atoms with E-state index in [0.717, 1.165) is 11.3 Å². The van der Waals surface area contributed by atoms with Gasteiger partial charge in [0.05, 0.1) is 10.4 Å². The standard InChI is InChI=1S/C12H17N3OS/c1-4-12(3,10(13)17)11(16)15-9-5-6-14-7-8(9)2/h5-7H,4H2,1-3H3,(H2,13,17)(H,14,15,16). The summed E-state index contributed by atoms with van der Waals surface area (Å²) < 4.78 is 0. The molecule has 5 heteroatoms. The number of nitrogens with two attached hydrogens (primary N) is 1. The Labute approximate surface area is 107 Å². The van der Waals surface area contributed by atoms with Crippen LogP contribution < -0.4 is 11.1 Å². The first-order valence-corrected chi connectivity index (χ1v) is 5.84. The molecule has 1 atom stereocenters. The number of nitrogens with one attached hydrogen (secondary N) is 1. The summed E-state index contributed by atoms with van der Waals surface area (Å²) in [5.74, 6) is -0.179. The van der Waals surface area contributed by atoms with Crippen molar-refractivity contribution in [2.45, 2.75) is 27.2 Å². The Hall–Kier alpha value is -1.49. The number of rotatable bonds is 4. The number of aryl methyl sites for hydroxylation is 1. The third kappa shape index (κ3) is 2.79. The minimum absolute atomic E-state index is 0.179. The van der Waals surface area contributed by atoms with Gasteiger partial charge in [-0.05, 0) is 31.9 Å². The zero-order chi connectivity index (χ0) is 13.1. The van der Waals surface area contributed by atoms with E-state index >= 15 is 0 Å². The summed E-state index contributed by atoms with van der Waals surface area (Å²) in [4.78, 5) is 16.3. The van der Waals surface area contributed by atoms with E-state index in [1.807, 2.05) is 13.8 Å². The Kier molecular flexibility index (Phi) is 4.17. The molecule has 1 amide bonds. The lowest BCUT2D eigenvalue weighted by Crippen LogP contribution is -2.43. The quantitative estimate of drug-likeness (QED) is 0.803. The van der Waals surface area contributed by atoms with Gasteiger partial charge in [-0.2, -0.15) is 0 Å². The van der Waals surface area contributed by atoms with Gasteiger partial charge in [-0.25, -0.2) is 0 Å². The number of pyridine rings is 1. The molecular weight excluding hydrogens is 234 g/mol. The third-order valence-electron chi connectivity index (χ3n) is 3.02. The van der Waals surface area contributed by atoms with Crippen LogP contribution in [0.3, 0.4) is 0 Å². The molecule has 0 aliphatic carbocycles. The smallest absolute Gasteiger partial charge is 0.237 e. The molecule has 0 saturated carbocycles. The van der Waals surface area contributed by atoms with Gasteiger partial charge < -0.3 is 11.1 Å². The second-order valence-corrected chi connectivity index (χ2v) is 4.63. The zero-order valence-electron chi connectivity index (χ0n) is 10.3. The van der Waals surface area contributed by atoms with Crippen LogP contribution in [0.15, 0.2) is 18.5 Å². The Morgan fingerprint density at radius 2 is 2.29 bits per heavy atom. The fourth-order valence-corrected chi connectivity index (χ4v) is 1.56. The van der Waals surface area contributed by atoms with Gasteiger partial charge in [0.1, 0.15) is 0 Å². The van der Waals surface area contributed by atoms with Gasteiger partial charge in [0.25, 0.3) is 0 Å². The summed E-state index contributed by atoms with van der Waals surface area (Å²) in [6.45, 7) is 5.52. The third-order valence-corrected chi connectivity index (χ3v) is 3.47. The predicted octanol–water partition coefficient (Wildman–Crippen LogP) is 2.03. The SMILES string of the molecule is CCC(C)(C(=O)Nc1ccncc1C)C(N)=S. The largest absolute Gasteiger partial charge is 0.392 e. The molecule has 1 aromatic rings. The average Bonchev–Trinajstić information content (AvgIpc) is 2.30. The number of carbonyl (C=O) groups is 1. The molecule has 0 aromatic carbocycles. The highest BCUT2D eigenvalue weighted by atomic mass is 32.1. The van der Waals surface area contributed by atoms with Crippen molar-refractivity contribution in [2.75, 3.05) is 5.32 Å². The minimum Gasteiger partial charge on any atom is -0.392 e. The van der Waals surface area contributed by atoms with Gasteiger partial charge in [0.2, 0.25) is 5.91 Å². The molecular formula is C12H17N3OS. The Morgan fingerprint density at radius 3 is 2.76 bits per heavy atom. The topological polar surface area (TPSA) is 68.0 Å². The fraction of sp³-hybridized carbons (Fsp3) is 0.417. The predicted molar refractivity (Wildman–Crippen MR) is 72.8 cm³/mol. The average molecular weight is 251 g/mol. The minimum atomic E-state index is -0.814. The second kappa shape index (κ2) is 5.23. The maximum atomic E-state index is 12.2. The Morgan fingerprint density at radius 1 is 1.65 bits per heavy atom. The van der Waals surface area contributed by atoms with Crippen molar-refractivity contribution in [1.29, 1.82) is 0 Å². The number of amides is 1. The van der Waals surface area contributed by atoms with Crippen molar-refractivity contribution in [2.24, 2.45) is 11.1 Å². The Balaban J connectivity index is 2.93. The number of carbonyl (C=O) groups excluding carboxylic acids is 1. The summed E-state index contributed by atoms with van der Waals surface area (Å²) >= 11 is 4.96. The van der Waals surface area contributed by atoms with E-state index in [1.54, 1.807) is 25.4 Å². The molecule has 17 heavy (non-hydrogen) atoms. The molecule has 1 heterocycles. The van der Waals surface area contributed by atoms with Crippen LogP contribution in [0.1, 0.15) is 25.8 Å². The van der Waals surface area contributed by atoms with Gasteiger partial charge in [0.15, 0.2) is 0 Å². The summed E-state index contributed by atoms with van der Waals surface area (Å²) in [5.41, 5.74) is 6.46. The molecule has 4 nitrogen and oxygen atoms in total. The van der Waals surface area contributed by atoms with Crippen LogP contribution >= 0.6 is 12.2 Å². The second-order valence-electron chi connectivity index (χ2n) is 4.19. The molecule has 0 spiro atoms. The molecule has 1 aromatic heterocycles. The van der Waals surface area contributed by atoms with E-state index in [0.29, 0.717) is 6.42 Å². The molecule has 0 fully saturated rings. The van der Waals surface area contributed by atoms with Gasteiger partial charge in [0, 0.05) is 18.1 Å². The number of aromatic nitrogens is 1. The normalized spacial score (nSPS) is 13.8. The molecule has 0 saturated heterocycles. The molecule has 1 unspecified atom stereocenters. The van der Waals surface area contributed by atoms with E-state index in [4.69, 9.17) is 18.0 Å². The molecule has 0 radical (unpaired) electrons. The number of hydrogen-bond acceptors (Lipinski definition) is 3. The van der Waals surface area contributed by atoms with Gasteiger partial charge in [-0.1, -0.05) is 19.1 Å². The van der Waals surface area contributed by atoms with Gasteiger partial charge in [-0.3, -0.25) is 9.78 Å². The summed E-state index contributed by atoms with van der Waals surface area (Å²) in [5, 5.41) is 2.84. The summed E-state index contributed by atoms with van der Waals surface area (Å²) in [6, 6.07) is 1.75. The van der Waals surface area contributed by atoms with Gasteiger partial charge in [-0.15, -0.1) is 0 Å². The van der Waals surface area contributed by atoms with Crippen LogP contribution in [0.4, 0.5) is 5.69 Å². The molecule has 92 valence electrons. The first-order valence-electron chi connectivity index (χ1n) is 5.43. The summed E-state index contributed by atoms with van der Waals surface area (Å²) in [7, 11) is 0. The lowest BCUT2D eigenvalue weighted by molar-refractivity contribution is -0.121. The van der Waals surface area contributed by atoms with Crippen LogP contribution in [-0.4, -0.2) is 15.9 Å². The van der Waals surface area contributed by atoms with Gasteiger partial charge >= 0.3 is 0 Å². The zero-order valence-corrected chi connectivity index (χ0v) is 11.1. The first-order chi connectivity index (χ1) is 7.91. The number of hydrogen-bond donors (Lipinski definition) is 2. The number of nitrogens with zero attached hydrogens (tertiary/aromatic N) is 1. The fourth-order valence-electron chi connectivity index (χ4n) is 1.32.